The molecule has 0 aliphatic rings. The summed E-state index contributed by atoms with van der Waals surface area (Å²) >= 11 is 0. The second kappa shape index (κ2) is 5.97. The third kappa shape index (κ3) is 5.26. The van der Waals surface area contributed by atoms with Crippen LogP contribution in [0.25, 0.3) is 0 Å². The van der Waals surface area contributed by atoms with Crippen LogP contribution in [0.15, 0.2) is 24.3 Å². The van der Waals surface area contributed by atoms with Crippen LogP contribution in [0.3, 0.4) is 0 Å². The summed E-state index contributed by atoms with van der Waals surface area (Å²) in [5.41, 5.74) is 0.0124. The number of ether oxygens (including phenoxy) is 1. The van der Waals surface area contributed by atoms with Crippen molar-refractivity contribution in [2.24, 2.45) is 0 Å². The van der Waals surface area contributed by atoms with Crippen LogP contribution in [0.4, 0.5) is 4.79 Å². The molecule has 1 aromatic rings. The quantitative estimate of drug-likeness (QED) is 0.748. The average Bonchev–Trinajstić information content (AvgIpc) is 2.24. The number of benzene rings is 1. The number of nitrogens with one attached hydrogen (secondary N) is 1. The molecule has 0 atom stereocenters. The number of phenols is 1. The lowest BCUT2D eigenvalue weighted by Gasteiger charge is -2.18. The maximum absolute atomic E-state index is 11.3. The Kier molecular flexibility index (Phi) is 4.61. The highest BCUT2D eigenvalue weighted by molar-refractivity contribution is 5.68. The van der Waals surface area contributed by atoms with Gasteiger partial charge >= 0.3 is 6.09 Å². The van der Waals surface area contributed by atoms with Gasteiger partial charge in [0.2, 0.25) is 0 Å². The van der Waals surface area contributed by atoms with Crippen molar-refractivity contribution < 1.29 is 14.6 Å². The molecule has 2 N–H and O–H groups in total. The van der Waals surface area contributed by atoms with Gasteiger partial charge in [-0.25, -0.2) is 4.79 Å². The lowest BCUT2D eigenvalue weighted by atomic mass is 10.2. The van der Waals surface area contributed by atoms with E-state index in [1.807, 2.05) is 0 Å². The molecule has 0 fully saturated rings. The van der Waals surface area contributed by atoms with Gasteiger partial charge in [0.05, 0.1) is 12.1 Å². The van der Waals surface area contributed by atoms with E-state index in [1.165, 1.54) is 0 Å². The van der Waals surface area contributed by atoms with Gasteiger partial charge in [-0.15, -0.1) is 0 Å². The third-order valence-corrected chi connectivity index (χ3v) is 1.85. The van der Waals surface area contributed by atoms with Crippen LogP contribution in [-0.2, 0) is 4.74 Å². The van der Waals surface area contributed by atoms with Crippen LogP contribution >= 0.6 is 0 Å². The highest BCUT2D eigenvalue weighted by Crippen LogP contribution is 2.13. The van der Waals surface area contributed by atoms with Crippen molar-refractivity contribution in [2.45, 2.75) is 26.4 Å². The molecule has 0 heterocycles. The molecule has 0 unspecified atom stereocenters. The number of alkyl carbamates (subject to hydrolysis) is 1. The summed E-state index contributed by atoms with van der Waals surface area (Å²) in [4.78, 5) is 11.3. The molecule has 4 nitrogen and oxygen atoms in total. The van der Waals surface area contributed by atoms with Crippen LogP contribution in [-0.4, -0.2) is 23.3 Å². The number of phenolic OH excluding ortho intramolecular Hbond substituents is 1. The second-order valence-corrected chi connectivity index (χ2v) is 4.67. The Labute approximate surface area is 107 Å². The van der Waals surface area contributed by atoms with Crippen LogP contribution in [0, 0.1) is 11.8 Å². The molecular formula is C14H17NO3. The lowest BCUT2D eigenvalue weighted by Crippen LogP contribution is -2.32. The number of hydrogen-bond donors (Lipinski definition) is 2. The standard InChI is InChI=1S/C14H17NO3/c1-14(2,3)18-13(17)15-10-6-8-11-7-4-5-9-12(11)16/h4-5,7,9,16H,10H2,1-3H3,(H,15,17). The van der Waals surface area contributed by atoms with E-state index in [1.54, 1.807) is 45.0 Å². The number of rotatable bonds is 1. The van der Waals surface area contributed by atoms with E-state index >= 15 is 0 Å². The van der Waals surface area contributed by atoms with E-state index < -0.39 is 11.7 Å². The Morgan fingerprint density at radius 3 is 2.67 bits per heavy atom. The summed E-state index contributed by atoms with van der Waals surface area (Å²) < 4.78 is 5.05. The van der Waals surface area contributed by atoms with E-state index in [4.69, 9.17) is 4.74 Å². The zero-order valence-electron chi connectivity index (χ0n) is 10.8. The van der Waals surface area contributed by atoms with Crippen molar-refractivity contribution in [3.63, 3.8) is 0 Å². The fraction of sp³-hybridized carbons (Fsp3) is 0.357. The van der Waals surface area contributed by atoms with Gasteiger partial charge < -0.3 is 15.2 Å². The summed E-state index contributed by atoms with van der Waals surface area (Å²) in [5.74, 6) is 5.63. The number of aromatic hydroxyl groups is 1. The number of carbonyl (C=O) groups is 1. The Morgan fingerprint density at radius 1 is 1.39 bits per heavy atom. The highest BCUT2D eigenvalue weighted by Gasteiger charge is 2.14. The lowest BCUT2D eigenvalue weighted by molar-refractivity contribution is 0.0535. The molecule has 0 spiro atoms. The van der Waals surface area contributed by atoms with Gasteiger partial charge in [-0.05, 0) is 32.9 Å². The fourth-order valence-corrected chi connectivity index (χ4v) is 1.15. The first kappa shape index (κ1) is 13.9. The van der Waals surface area contributed by atoms with Gasteiger partial charge in [0.25, 0.3) is 0 Å². The van der Waals surface area contributed by atoms with Gasteiger partial charge in [-0.3, -0.25) is 0 Å². The normalized spacial score (nSPS) is 10.2. The maximum atomic E-state index is 11.3. The Morgan fingerprint density at radius 2 is 2.06 bits per heavy atom. The van der Waals surface area contributed by atoms with Crippen LogP contribution in [0.2, 0.25) is 0 Å². The molecule has 96 valence electrons. The average molecular weight is 247 g/mol. The number of carbonyl (C=O) groups excluding carboxylic acids is 1. The summed E-state index contributed by atoms with van der Waals surface area (Å²) in [6.07, 6.45) is -0.505. The molecule has 4 heteroatoms. The topological polar surface area (TPSA) is 58.6 Å². The van der Waals surface area contributed by atoms with E-state index in [0.717, 1.165) is 0 Å². The third-order valence-electron chi connectivity index (χ3n) is 1.85. The van der Waals surface area contributed by atoms with Gasteiger partial charge in [-0.2, -0.15) is 0 Å². The molecule has 1 amide bonds. The van der Waals surface area contributed by atoms with E-state index in [0.29, 0.717) is 5.56 Å². The predicted molar refractivity (Wildman–Crippen MR) is 69.2 cm³/mol. The predicted octanol–water partition coefficient (Wildman–Crippen LogP) is 2.27. The first-order valence-electron chi connectivity index (χ1n) is 5.62. The van der Waals surface area contributed by atoms with E-state index in [9.17, 15) is 9.90 Å². The summed E-state index contributed by atoms with van der Waals surface area (Å²) in [7, 11) is 0. The Hall–Kier alpha value is -2.15. The SMILES string of the molecule is CC(C)(C)OC(=O)NCC#Cc1ccccc1O. The Balaban J connectivity index is 2.44. The molecule has 0 aliphatic heterocycles. The minimum Gasteiger partial charge on any atom is -0.507 e. The molecule has 0 aromatic heterocycles. The van der Waals surface area contributed by atoms with E-state index in [2.05, 4.69) is 17.2 Å². The number of amides is 1. The van der Waals surface area contributed by atoms with Crippen molar-refractivity contribution in [2.75, 3.05) is 6.54 Å². The Bertz CT molecular complexity index is 478. The summed E-state index contributed by atoms with van der Waals surface area (Å²) in [5, 5.41) is 12.0. The molecular weight excluding hydrogens is 230 g/mol. The first-order valence-corrected chi connectivity index (χ1v) is 5.62. The number of para-hydroxylation sites is 1. The van der Waals surface area contributed by atoms with Crippen molar-refractivity contribution in [3.8, 4) is 17.6 Å². The van der Waals surface area contributed by atoms with E-state index in [-0.39, 0.29) is 12.3 Å². The first-order chi connectivity index (χ1) is 8.38. The molecule has 1 rings (SSSR count). The zero-order chi connectivity index (χ0) is 13.6. The monoisotopic (exact) mass is 247 g/mol. The fourth-order valence-electron chi connectivity index (χ4n) is 1.15. The van der Waals surface area contributed by atoms with Crippen molar-refractivity contribution in [1.82, 2.24) is 5.32 Å². The summed E-state index contributed by atoms with van der Waals surface area (Å²) in [6, 6.07) is 6.77. The molecule has 18 heavy (non-hydrogen) atoms. The minimum absolute atomic E-state index is 0.127. The van der Waals surface area contributed by atoms with Gasteiger partial charge in [0, 0.05) is 0 Å². The molecule has 0 saturated carbocycles. The minimum atomic E-state index is -0.519. The molecule has 0 saturated heterocycles. The highest BCUT2D eigenvalue weighted by atomic mass is 16.6. The maximum Gasteiger partial charge on any atom is 0.408 e. The van der Waals surface area contributed by atoms with Crippen molar-refractivity contribution in [1.29, 1.82) is 0 Å². The van der Waals surface area contributed by atoms with Gasteiger partial charge in [-0.1, -0.05) is 24.0 Å². The van der Waals surface area contributed by atoms with Crippen molar-refractivity contribution >= 4 is 6.09 Å². The zero-order valence-corrected chi connectivity index (χ0v) is 10.8. The summed E-state index contributed by atoms with van der Waals surface area (Å²) in [6.45, 7) is 5.55. The van der Waals surface area contributed by atoms with Gasteiger partial charge in [0.15, 0.2) is 0 Å². The van der Waals surface area contributed by atoms with Crippen LogP contribution < -0.4 is 5.32 Å². The molecule has 1 aromatic carbocycles. The number of hydrogen-bond acceptors (Lipinski definition) is 3. The van der Waals surface area contributed by atoms with Crippen LogP contribution in [0.5, 0.6) is 5.75 Å². The van der Waals surface area contributed by atoms with Crippen LogP contribution in [0.1, 0.15) is 26.3 Å². The van der Waals surface area contributed by atoms with Gasteiger partial charge in [0.1, 0.15) is 11.4 Å². The molecule has 0 radical (unpaired) electrons. The smallest absolute Gasteiger partial charge is 0.408 e. The molecule has 0 bridgehead atoms. The second-order valence-electron chi connectivity index (χ2n) is 4.67. The largest absolute Gasteiger partial charge is 0.507 e. The van der Waals surface area contributed by atoms with Crippen molar-refractivity contribution in [3.05, 3.63) is 29.8 Å². The molecule has 0 aliphatic carbocycles.